The minimum absolute atomic E-state index is 0.0189. The van der Waals surface area contributed by atoms with Crippen LogP contribution < -0.4 is 0 Å². The fraction of sp³-hybridized carbons (Fsp3) is 0.333. The molecule has 1 fully saturated rings. The number of hydrogen-bond donors (Lipinski definition) is 2. The molecule has 0 spiro atoms. The Bertz CT molecular complexity index is 507. The van der Waals surface area contributed by atoms with Gasteiger partial charge in [-0.05, 0) is 12.1 Å². The van der Waals surface area contributed by atoms with Gasteiger partial charge in [0.1, 0.15) is 5.92 Å². The topological polar surface area (TPSA) is 93.1 Å². The standard InChI is InChI=1S/C12H11ClO6/c13-9-2-1-6(3-8(9)11(16)17)12-18-4-7(5-19-12)10(14)15/h1-3,7,12H,4-5H2,(H,14,15)(H,16,17). The molecular formula is C12H11ClO6. The molecular weight excluding hydrogens is 276 g/mol. The third-order valence-corrected chi connectivity index (χ3v) is 3.07. The Morgan fingerprint density at radius 2 is 1.84 bits per heavy atom. The second-order valence-electron chi connectivity index (χ2n) is 4.08. The summed E-state index contributed by atoms with van der Waals surface area (Å²) >= 11 is 5.75. The van der Waals surface area contributed by atoms with Crippen molar-refractivity contribution >= 4 is 23.5 Å². The largest absolute Gasteiger partial charge is 0.481 e. The maximum absolute atomic E-state index is 11.0. The Labute approximate surface area is 113 Å². The van der Waals surface area contributed by atoms with Crippen molar-refractivity contribution in [1.29, 1.82) is 0 Å². The molecule has 19 heavy (non-hydrogen) atoms. The number of hydrogen-bond acceptors (Lipinski definition) is 4. The zero-order valence-corrected chi connectivity index (χ0v) is 10.5. The normalized spacial score (nSPS) is 23.0. The van der Waals surface area contributed by atoms with Crippen LogP contribution in [0.25, 0.3) is 0 Å². The summed E-state index contributed by atoms with van der Waals surface area (Å²) in [6.07, 6.45) is -0.772. The van der Waals surface area contributed by atoms with Crippen molar-refractivity contribution in [1.82, 2.24) is 0 Å². The first-order chi connectivity index (χ1) is 8.99. The summed E-state index contributed by atoms with van der Waals surface area (Å²) in [5, 5.41) is 17.9. The molecule has 102 valence electrons. The van der Waals surface area contributed by atoms with Gasteiger partial charge in [0.2, 0.25) is 0 Å². The van der Waals surface area contributed by atoms with E-state index in [9.17, 15) is 9.59 Å². The summed E-state index contributed by atoms with van der Waals surface area (Å²) in [7, 11) is 0. The van der Waals surface area contributed by atoms with Crippen molar-refractivity contribution in [2.45, 2.75) is 6.29 Å². The highest BCUT2D eigenvalue weighted by atomic mass is 35.5. The van der Waals surface area contributed by atoms with E-state index in [0.717, 1.165) is 0 Å². The molecule has 1 aliphatic rings. The Morgan fingerprint density at radius 3 is 2.37 bits per heavy atom. The van der Waals surface area contributed by atoms with E-state index in [-0.39, 0.29) is 23.8 Å². The number of carboxylic acids is 2. The number of benzene rings is 1. The van der Waals surface area contributed by atoms with E-state index in [1.165, 1.54) is 12.1 Å². The first kappa shape index (κ1) is 13.8. The molecule has 2 N–H and O–H groups in total. The molecule has 0 amide bonds. The highest BCUT2D eigenvalue weighted by Gasteiger charge is 2.28. The van der Waals surface area contributed by atoms with Crippen LogP contribution in [-0.4, -0.2) is 35.4 Å². The van der Waals surface area contributed by atoms with Gasteiger partial charge in [-0.1, -0.05) is 17.7 Å². The minimum atomic E-state index is -1.15. The van der Waals surface area contributed by atoms with Crippen LogP contribution in [0.1, 0.15) is 22.2 Å². The van der Waals surface area contributed by atoms with Crippen LogP contribution in [0.15, 0.2) is 18.2 Å². The van der Waals surface area contributed by atoms with Crippen LogP contribution in [0.4, 0.5) is 0 Å². The monoisotopic (exact) mass is 286 g/mol. The fourth-order valence-corrected chi connectivity index (χ4v) is 1.89. The van der Waals surface area contributed by atoms with Crippen LogP contribution in [-0.2, 0) is 14.3 Å². The maximum Gasteiger partial charge on any atom is 0.337 e. The molecule has 1 aromatic rings. The Kier molecular flexibility index (Phi) is 4.04. The lowest BCUT2D eigenvalue weighted by molar-refractivity contribution is -0.211. The van der Waals surface area contributed by atoms with Gasteiger partial charge < -0.3 is 19.7 Å². The van der Waals surface area contributed by atoms with E-state index < -0.39 is 24.1 Å². The average molecular weight is 287 g/mol. The maximum atomic E-state index is 11.0. The van der Waals surface area contributed by atoms with Gasteiger partial charge >= 0.3 is 11.9 Å². The van der Waals surface area contributed by atoms with Crippen molar-refractivity contribution in [2.75, 3.05) is 13.2 Å². The lowest BCUT2D eigenvalue weighted by Crippen LogP contribution is -2.32. The van der Waals surface area contributed by atoms with Crippen LogP contribution in [0, 0.1) is 5.92 Å². The van der Waals surface area contributed by atoms with Gasteiger partial charge in [0.05, 0.1) is 23.8 Å². The molecule has 1 saturated heterocycles. The second kappa shape index (κ2) is 5.56. The van der Waals surface area contributed by atoms with Crippen molar-refractivity contribution in [3.05, 3.63) is 34.3 Å². The highest BCUT2D eigenvalue weighted by molar-refractivity contribution is 6.33. The molecule has 0 bridgehead atoms. The predicted molar refractivity (Wildman–Crippen MR) is 64.2 cm³/mol. The molecule has 1 heterocycles. The molecule has 0 radical (unpaired) electrons. The lowest BCUT2D eigenvalue weighted by Gasteiger charge is -2.27. The Morgan fingerprint density at radius 1 is 1.21 bits per heavy atom. The fourth-order valence-electron chi connectivity index (χ4n) is 1.69. The number of carboxylic acid groups (broad SMARTS) is 2. The quantitative estimate of drug-likeness (QED) is 0.880. The smallest absolute Gasteiger partial charge is 0.337 e. The molecule has 1 aromatic carbocycles. The van der Waals surface area contributed by atoms with E-state index in [1.807, 2.05) is 0 Å². The van der Waals surface area contributed by atoms with Gasteiger partial charge in [-0.3, -0.25) is 4.79 Å². The average Bonchev–Trinajstić information content (AvgIpc) is 2.39. The number of halogens is 1. The Balaban J connectivity index is 2.14. The molecule has 0 aliphatic carbocycles. The minimum Gasteiger partial charge on any atom is -0.481 e. The molecule has 7 heteroatoms. The van der Waals surface area contributed by atoms with Crippen LogP contribution in [0.3, 0.4) is 0 Å². The molecule has 6 nitrogen and oxygen atoms in total. The van der Waals surface area contributed by atoms with Crippen molar-refractivity contribution < 1.29 is 29.3 Å². The number of aliphatic carboxylic acids is 1. The van der Waals surface area contributed by atoms with E-state index in [2.05, 4.69) is 0 Å². The third-order valence-electron chi connectivity index (χ3n) is 2.74. The Hall–Kier alpha value is -1.63. The zero-order valence-electron chi connectivity index (χ0n) is 9.71. The van der Waals surface area contributed by atoms with Gasteiger partial charge in [-0.25, -0.2) is 4.79 Å². The van der Waals surface area contributed by atoms with Crippen molar-refractivity contribution in [3.8, 4) is 0 Å². The SMILES string of the molecule is O=C(O)c1cc(C2OCC(C(=O)O)CO2)ccc1Cl. The van der Waals surface area contributed by atoms with Gasteiger partial charge in [-0.2, -0.15) is 0 Å². The van der Waals surface area contributed by atoms with E-state index in [0.29, 0.717) is 5.56 Å². The van der Waals surface area contributed by atoms with Crippen LogP contribution in [0.5, 0.6) is 0 Å². The van der Waals surface area contributed by atoms with E-state index >= 15 is 0 Å². The predicted octanol–water partition coefficient (Wildman–Crippen LogP) is 1.78. The summed E-state index contributed by atoms with van der Waals surface area (Å²) in [6.45, 7) is 0.0378. The molecule has 1 aliphatic heterocycles. The zero-order chi connectivity index (χ0) is 14.0. The van der Waals surface area contributed by atoms with Crippen molar-refractivity contribution in [3.63, 3.8) is 0 Å². The molecule has 2 rings (SSSR count). The van der Waals surface area contributed by atoms with Gasteiger partial charge in [0.25, 0.3) is 0 Å². The van der Waals surface area contributed by atoms with Gasteiger partial charge in [0.15, 0.2) is 6.29 Å². The summed E-state index contributed by atoms with van der Waals surface area (Å²) < 4.78 is 10.5. The van der Waals surface area contributed by atoms with Crippen LogP contribution >= 0.6 is 11.6 Å². The number of rotatable bonds is 3. The third kappa shape index (κ3) is 3.04. The van der Waals surface area contributed by atoms with Crippen molar-refractivity contribution in [2.24, 2.45) is 5.92 Å². The number of ether oxygens (including phenoxy) is 2. The highest BCUT2D eigenvalue weighted by Crippen LogP contribution is 2.28. The number of carbonyl (C=O) groups is 2. The summed E-state index contributed by atoms with van der Waals surface area (Å²) in [5.74, 6) is -2.84. The second-order valence-corrected chi connectivity index (χ2v) is 4.49. The first-order valence-electron chi connectivity index (χ1n) is 5.48. The van der Waals surface area contributed by atoms with E-state index in [4.69, 9.17) is 31.3 Å². The van der Waals surface area contributed by atoms with Crippen LogP contribution in [0.2, 0.25) is 5.02 Å². The molecule has 0 unspecified atom stereocenters. The summed E-state index contributed by atoms with van der Waals surface area (Å²) in [4.78, 5) is 21.7. The summed E-state index contributed by atoms with van der Waals surface area (Å²) in [5.41, 5.74) is 0.442. The first-order valence-corrected chi connectivity index (χ1v) is 5.85. The molecule has 0 aromatic heterocycles. The molecule has 0 atom stereocenters. The summed E-state index contributed by atoms with van der Waals surface area (Å²) in [6, 6.07) is 4.38. The molecule has 0 saturated carbocycles. The van der Waals surface area contributed by atoms with E-state index in [1.54, 1.807) is 6.07 Å². The van der Waals surface area contributed by atoms with Gasteiger partial charge in [-0.15, -0.1) is 0 Å². The number of aromatic carboxylic acids is 1. The van der Waals surface area contributed by atoms with Gasteiger partial charge in [0, 0.05) is 5.56 Å². The lowest BCUT2D eigenvalue weighted by atomic mass is 10.1.